The summed E-state index contributed by atoms with van der Waals surface area (Å²) >= 11 is 0. The van der Waals surface area contributed by atoms with E-state index in [1.165, 1.54) is 41.8 Å². The topological polar surface area (TPSA) is 108 Å². The number of hydrogen-bond acceptors (Lipinski definition) is 6. The van der Waals surface area contributed by atoms with Crippen LogP contribution in [0, 0.1) is 0 Å². The van der Waals surface area contributed by atoms with Crippen molar-refractivity contribution in [3.8, 4) is 0 Å². The van der Waals surface area contributed by atoms with Gasteiger partial charge in [0.1, 0.15) is 5.84 Å². The molecule has 0 aromatic heterocycles. The van der Waals surface area contributed by atoms with Crippen LogP contribution in [0.25, 0.3) is 16.5 Å². The van der Waals surface area contributed by atoms with Gasteiger partial charge in [0.2, 0.25) is 0 Å². The Kier molecular flexibility index (Phi) is 7.82. The summed E-state index contributed by atoms with van der Waals surface area (Å²) in [6.45, 7) is 3.06. The van der Waals surface area contributed by atoms with Gasteiger partial charge in [-0.25, -0.2) is 8.42 Å². The van der Waals surface area contributed by atoms with Crippen molar-refractivity contribution in [1.82, 2.24) is 10.6 Å². The van der Waals surface area contributed by atoms with Gasteiger partial charge in [0.25, 0.3) is 0 Å². The Morgan fingerprint density at radius 3 is 2.26 bits per heavy atom. The molecule has 0 saturated carbocycles. The molecule has 0 unspecified atom stereocenters. The molecule has 0 fully saturated rings. The van der Waals surface area contributed by atoms with Crippen molar-refractivity contribution in [2.24, 2.45) is 4.99 Å². The predicted octanol–water partition coefficient (Wildman–Crippen LogP) is 3.85. The number of aliphatic carboxylic acids is 1. The van der Waals surface area contributed by atoms with Crippen molar-refractivity contribution in [2.45, 2.75) is 24.2 Å². The van der Waals surface area contributed by atoms with Crippen LogP contribution in [0.15, 0.2) is 82.7 Å². The Labute approximate surface area is 205 Å². The number of rotatable bonds is 5. The highest BCUT2D eigenvalue weighted by atomic mass is 32.2. The molecule has 2 aliphatic heterocycles. The largest absolute Gasteiger partial charge is 0.480 e. The summed E-state index contributed by atoms with van der Waals surface area (Å²) in [5.74, 6) is -1.19. The first-order chi connectivity index (χ1) is 16.9. The summed E-state index contributed by atoms with van der Waals surface area (Å²) < 4.78 is 23.4. The molecular formula is C27H29N3O4S. The van der Waals surface area contributed by atoms with E-state index >= 15 is 0 Å². The van der Waals surface area contributed by atoms with Crippen molar-refractivity contribution in [1.29, 1.82) is 0 Å². The first kappa shape index (κ1) is 24.5. The molecule has 3 N–H and O–H groups in total. The maximum atomic E-state index is 11.7. The van der Waals surface area contributed by atoms with Gasteiger partial charge in [0.05, 0.1) is 4.90 Å². The lowest BCUT2D eigenvalue weighted by atomic mass is 10.0. The van der Waals surface area contributed by atoms with Gasteiger partial charge in [-0.1, -0.05) is 60.7 Å². The second-order valence-corrected chi connectivity index (χ2v) is 10.4. The Morgan fingerprint density at radius 1 is 0.886 bits per heavy atom. The Bertz CT molecular complexity index is 1320. The number of amidine groups is 1. The van der Waals surface area contributed by atoms with E-state index in [-0.39, 0.29) is 4.90 Å². The van der Waals surface area contributed by atoms with E-state index in [9.17, 15) is 13.2 Å². The predicted molar refractivity (Wildman–Crippen MR) is 139 cm³/mol. The van der Waals surface area contributed by atoms with Crippen LogP contribution in [0.2, 0.25) is 0 Å². The van der Waals surface area contributed by atoms with Gasteiger partial charge in [-0.05, 0) is 47.7 Å². The normalized spacial score (nSPS) is 15.5. The smallest absolute Gasteiger partial charge is 0.319 e. The fourth-order valence-electron chi connectivity index (χ4n) is 4.00. The van der Waals surface area contributed by atoms with E-state index in [4.69, 9.17) is 5.11 Å². The summed E-state index contributed by atoms with van der Waals surface area (Å²) in [6.07, 6.45) is 5.84. The minimum Gasteiger partial charge on any atom is -0.480 e. The van der Waals surface area contributed by atoms with Crippen molar-refractivity contribution < 1.29 is 18.3 Å². The Balaban J connectivity index is 0.000000165. The van der Waals surface area contributed by atoms with Gasteiger partial charge in [0.15, 0.2) is 15.6 Å². The summed E-state index contributed by atoms with van der Waals surface area (Å²) in [5.41, 5.74) is 3.73. The van der Waals surface area contributed by atoms with Gasteiger partial charge in [0, 0.05) is 30.9 Å². The van der Waals surface area contributed by atoms with Crippen LogP contribution >= 0.6 is 0 Å². The molecule has 5 rings (SSSR count). The van der Waals surface area contributed by atoms with Crippen LogP contribution in [0.3, 0.4) is 0 Å². The van der Waals surface area contributed by atoms with Crippen LogP contribution in [-0.4, -0.2) is 50.7 Å². The molecule has 7 nitrogen and oxygen atoms in total. The second kappa shape index (κ2) is 11.2. The third kappa shape index (κ3) is 6.48. The number of allylic oxidation sites excluding steroid dienone is 1. The van der Waals surface area contributed by atoms with Crippen LogP contribution in [0.1, 0.15) is 30.4 Å². The van der Waals surface area contributed by atoms with E-state index in [1.54, 1.807) is 18.2 Å². The van der Waals surface area contributed by atoms with E-state index in [1.807, 2.05) is 12.1 Å². The van der Waals surface area contributed by atoms with Crippen molar-refractivity contribution in [2.75, 3.05) is 25.4 Å². The fraction of sp³-hybridized carbons (Fsp3) is 0.259. The van der Waals surface area contributed by atoms with Gasteiger partial charge in [-0.15, -0.1) is 0 Å². The number of carboxylic acids is 1. The molecule has 2 aliphatic rings. The van der Waals surface area contributed by atoms with Gasteiger partial charge >= 0.3 is 5.97 Å². The Hall–Kier alpha value is -3.65. The number of benzene rings is 3. The van der Waals surface area contributed by atoms with Crippen LogP contribution in [0.5, 0.6) is 0 Å². The second-order valence-electron chi connectivity index (χ2n) is 8.44. The van der Waals surface area contributed by atoms with Crippen LogP contribution in [0.4, 0.5) is 0 Å². The zero-order valence-corrected chi connectivity index (χ0v) is 20.2. The average Bonchev–Trinajstić information content (AvgIpc) is 2.89. The molecule has 0 saturated heterocycles. The summed E-state index contributed by atoms with van der Waals surface area (Å²) in [5, 5.41) is 17.0. The van der Waals surface area contributed by atoms with Gasteiger partial charge in [-0.3, -0.25) is 9.79 Å². The molecule has 0 aliphatic carbocycles. The quantitative estimate of drug-likeness (QED) is 0.500. The molecule has 0 bridgehead atoms. The number of carbonyl (C=O) groups is 1. The van der Waals surface area contributed by atoms with E-state index in [0.29, 0.717) is 0 Å². The highest BCUT2D eigenvalue weighted by Crippen LogP contribution is 2.20. The molecule has 0 amide bonds. The molecule has 182 valence electrons. The third-order valence-electron chi connectivity index (χ3n) is 5.80. The van der Waals surface area contributed by atoms with Crippen molar-refractivity contribution in [3.63, 3.8) is 0 Å². The first-order valence-electron chi connectivity index (χ1n) is 11.7. The van der Waals surface area contributed by atoms with Gasteiger partial charge in [-0.2, -0.15) is 0 Å². The maximum Gasteiger partial charge on any atom is 0.319 e. The molecule has 2 heterocycles. The lowest BCUT2D eigenvalue weighted by Crippen LogP contribution is -2.30. The molecule has 3 aromatic rings. The number of aliphatic imine (C=N–C) groups is 1. The van der Waals surface area contributed by atoms with E-state index in [0.717, 1.165) is 42.7 Å². The maximum absolute atomic E-state index is 11.7. The SMILES string of the molecule is C1=C(c2ccc(C3=NCCCN3)cc2)NCCC1.O=C(O)CS(=O)(=O)c1ccc2ccccc2c1. The number of hydrogen-bond donors (Lipinski definition) is 3. The molecule has 8 heteroatoms. The van der Waals surface area contributed by atoms with Crippen LogP contribution in [-0.2, 0) is 14.6 Å². The molecule has 0 radical (unpaired) electrons. The van der Waals surface area contributed by atoms with E-state index < -0.39 is 21.6 Å². The number of nitrogens with one attached hydrogen (secondary N) is 2. The van der Waals surface area contributed by atoms with Crippen molar-refractivity contribution in [3.05, 3.63) is 83.9 Å². The fourth-order valence-corrected chi connectivity index (χ4v) is 5.08. The van der Waals surface area contributed by atoms with E-state index in [2.05, 4.69) is 46.0 Å². The number of carboxylic acid groups (broad SMARTS) is 1. The zero-order chi connectivity index (χ0) is 24.7. The third-order valence-corrected chi connectivity index (χ3v) is 7.40. The first-order valence-corrected chi connectivity index (χ1v) is 13.3. The lowest BCUT2D eigenvalue weighted by Gasteiger charge is -2.17. The number of nitrogens with zero attached hydrogens (tertiary/aromatic N) is 1. The molecule has 3 aromatic carbocycles. The number of fused-ring (bicyclic) bond motifs is 1. The van der Waals surface area contributed by atoms with Gasteiger partial charge < -0.3 is 15.7 Å². The molecule has 35 heavy (non-hydrogen) atoms. The van der Waals surface area contributed by atoms with Crippen molar-refractivity contribution >= 4 is 38.1 Å². The molecule has 0 atom stereocenters. The molecule has 0 spiro atoms. The summed E-state index contributed by atoms with van der Waals surface area (Å²) in [6, 6.07) is 20.6. The highest BCUT2D eigenvalue weighted by Gasteiger charge is 2.18. The Morgan fingerprint density at radius 2 is 1.60 bits per heavy atom. The average molecular weight is 492 g/mol. The standard InChI is InChI=1S/C15H19N3.C12H10O4S/c1-2-9-16-14(4-1)12-5-7-13(8-6-12)15-17-10-3-11-18-15;13-12(14)8-17(15,16)11-6-5-9-3-1-2-4-10(9)7-11/h4-8,16H,1-3,9-11H2,(H,17,18);1-7H,8H2,(H,13,14). The summed E-state index contributed by atoms with van der Waals surface area (Å²) in [7, 11) is -3.75. The summed E-state index contributed by atoms with van der Waals surface area (Å²) in [4.78, 5) is 15.0. The lowest BCUT2D eigenvalue weighted by molar-refractivity contribution is -0.134. The minimum absolute atomic E-state index is 0.0404. The van der Waals surface area contributed by atoms with Crippen LogP contribution < -0.4 is 10.6 Å². The molecular weight excluding hydrogens is 462 g/mol. The zero-order valence-electron chi connectivity index (χ0n) is 19.4. The number of sulfone groups is 1. The minimum atomic E-state index is -3.75. The highest BCUT2D eigenvalue weighted by molar-refractivity contribution is 7.92. The monoisotopic (exact) mass is 491 g/mol.